The molecule has 0 N–H and O–H groups in total. The Labute approximate surface area is 208 Å². The third-order valence-corrected chi connectivity index (χ3v) is 6.59. The second-order valence-corrected chi connectivity index (χ2v) is 8.96. The van der Waals surface area contributed by atoms with Crippen LogP contribution in [0.25, 0.3) is 0 Å². The Morgan fingerprint density at radius 1 is 0.607 bits per heavy atom. The van der Waals surface area contributed by atoms with Crippen molar-refractivity contribution in [2.45, 2.75) is 78.3 Å². The highest BCUT2D eigenvalue weighted by molar-refractivity contribution is 9.10. The van der Waals surface area contributed by atoms with Gasteiger partial charge in [-0.15, -0.1) is 0 Å². The van der Waals surface area contributed by atoms with Gasteiger partial charge < -0.3 is 34.0 Å². The lowest BCUT2D eigenvalue weighted by Gasteiger charge is -2.02. The Bertz CT molecular complexity index is 633. The molecule has 2 nitrogen and oxygen atoms in total. The monoisotopic (exact) mass is 640 g/mol. The summed E-state index contributed by atoms with van der Waals surface area (Å²) in [5.41, 5.74) is 2.60. The molecule has 0 aromatic carbocycles. The summed E-state index contributed by atoms with van der Waals surface area (Å²) in [6.07, 6.45) is 19.5. The third-order valence-electron chi connectivity index (χ3n) is 4.93. The number of pyridine rings is 2. The van der Waals surface area contributed by atoms with Crippen LogP contribution >= 0.6 is 31.9 Å². The number of rotatable bonds is 11. The molecule has 0 unspecified atom stereocenters. The lowest BCUT2D eigenvalue weighted by Crippen LogP contribution is -3.00. The Hall–Kier alpha value is 0.220. The fourth-order valence-corrected chi connectivity index (χ4v) is 3.87. The van der Waals surface area contributed by atoms with E-state index < -0.39 is 0 Å². The van der Waals surface area contributed by atoms with Crippen molar-refractivity contribution in [3.8, 4) is 0 Å². The Balaban J connectivity index is 0.00000364. The van der Waals surface area contributed by atoms with Crippen LogP contribution in [0, 0.1) is 13.8 Å². The van der Waals surface area contributed by atoms with Gasteiger partial charge in [-0.25, -0.2) is 9.13 Å². The fraction of sp³-hybridized carbons (Fsp3) is 0.545. The maximum Gasteiger partial charge on any atom is 0.183 e. The molecule has 0 spiro atoms. The first kappa shape index (κ1) is 28.2. The largest absolute Gasteiger partial charge is 1.00 e. The molecule has 0 radical (unpaired) electrons. The van der Waals surface area contributed by atoms with Crippen LogP contribution in [-0.2, 0) is 13.1 Å². The minimum atomic E-state index is 0. The van der Waals surface area contributed by atoms with E-state index >= 15 is 0 Å². The van der Waals surface area contributed by atoms with Crippen LogP contribution in [0.15, 0.2) is 45.9 Å². The molecular weight excluding hydrogens is 612 g/mol. The third kappa shape index (κ3) is 10.8. The topological polar surface area (TPSA) is 7.76 Å². The minimum Gasteiger partial charge on any atom is -1.00 e. The average Bonchev–Trinajstić information content (AvgIpc) is 2.62. The highest BCUT2D eigenvalue weighted by atomic mass is 79.9. The first-order chi connectivity index (χ1) is 12.6. The summed E-state index contributed by atoms with van der Waals surface area (Å²) < 4.78 is 6.99. The van der Waals surface area contributed by atoms with Gasteiger partial charge >= 0.3 is 0 Å². The van der Waals surface area contributed by atoms with Gasteiger partial charge in [-0.05, 0) is 69.7 Å². The molecule has 2 aromatic rings. The summed E-state index contributed by atoms with van der Waals surface area (Å²) in [7, 11) is 0. The molecule has 0 aliphatic rings. The summed E-state index contributed by atoms with van der Waals surface area (Å²) in [6.45, 7) is 6.52. The normalized spacial score (nSPS) is 10.3. The summed E-state index contributed by atoms with van der Waals surface area (Å²) in [5, 5.41) is 0. The first-order valence-corrected chi connectivity index (χ1v) is 11.5. The van der Waals surface area contributed by atoms with Crippen molar-refractivity contribution >= 4 is 31.9 Å². The van der Waals surface area contributed by atoms with Crippen LogP contribution in [0.5, 0.6) is 0 Å². The van der Waals surface area contributed by atoms with Gasteiger partial charge in [-0.3, -0.25) is 0 Å². The van der Waals surface area contributed by atoms with Crippen molar-refractivity contribution in [2.24, 2.45) is 0 Å². The molecule has 0 amide bonds. The second kappa shape index (κ2) is 16.0. The number of halogens is 4. The number of unbranched alkanes of at least 4 members (excludes halogenated alkanes) is 7. The number of hydrogen-bond donors (Lipinski definition) is 0. The van der Waals surface area contributed by atoms with E-state index in [4.69, 9.17) is 0 Å². The highest BCUT2D eigenvalue weighted by Gasteiger charge is 2.05. The van der Waals surface area contributed by atoms with Gasteiger partial charge in [0.15, 0.2) is 24.8 Å². The van der Waals surface area contributed by atoms with E-state index in [2.05, 4.69) is 91.8 Å². The van der Waals surface area contributed by atoms with Gasteiger partial charge in [0, 0.05) is 25.0 Å². The van der Waals surface area contributed by atoms with Crippen molar-refractivity contribution in [1.29, 1.82) is 0 Å². The van der Waals surface area contributed by atoms with Crippen LogP contribution < -0.4 is 43.1 Å². The lowest BCUT2D eigenvalue weighted by atomic mass is 10.1. The number of aryl methyl sites for hydroxylation is 4. The van der Waals surface area contributed by atoms with Gasteiger partial charge in [0.2, 0.25) is 0 Å². The molecule has 2 aromatic heterocycles. The van der Waals surface area contributed by atoms with Gasteiger partial charge in [0.1, 0.15) is 13.1 Å². The number of hydrogen-bond acceptors (Lipinski definition) is 0. The zero-order chi connectivity index (χ0) is 18.8. The Morgan fingerprint density at radius 3 is 1.25 bits per heavy atom. The van der Waals surface area contributed by atoms with Crippen molar-refractivity contribution in [1.82, 2.24) is 0 Å². The van der Waals surface area contributed by atoms with Crippen LogP contribution in [0.1, 0.15) is 62.5 Å². The average molecular weight is 644 g/mol. The van der Waals surface area contributed by atoms with E-state index in [9.17, 15) is 0 Å². The molecule has 28 heavy (non-hydrogen) atoms. The smallest absolute Gasteiger partial charge is 0.183 e. The molecule has 2 rings (SSSR count). The summed E-state index contributed by atoms with van der Waals surface area (Å²) in [6, 6.07) is 4.36. The van der Waals surface area contributed by atoms with Crippen LogP contribution in [0.3, 0.4) is 0 Å². The predicted octanol–water partition coefficient (Wildman–Crippen LogP) is 0.232. The molecule has 158 valence electrons. The highest BCUT2D eigenvalue weighted by Crippen LogP contribution is 2.13. The van der Waals surface area contributed by atoms with Crippen molar-refractivity contribution in [3.63, 3.8) is 0 Å². The molecule has 0 aliphatic carbocycles. The maximum atomic E-state index is 3.61. The van der Waals surface area contributed by atoms with E-state index in [-0.39, 0.29) is 34.0 Å². The molecule has 0 bridgehead atoms. The zero-order valence-electron chi connectivity index (χ0n) is 16.9. The first-order valence-electron chi connectivity index (χ1n) is 9.86. The van der Waals surface area contributed by atoms with Crippen LogP contribution in [-0.4, -0.2) is 0 Å². The second-order valence-electron chi connectivity index (χ2n) is 7.26. The van der Waals surface area contributed by atoms with E-state index in [1.54, 1.807) is 0 Å². The molecule has 0 saturated heterocycles. The molecule has 0 aliphatic heterocycles. The molecule has 6 heteroatoms. The molecule has 0 fully saturated rings. The summed E-state index contributed by atoms with van der Waals surface area (Å²) in [4.78, 5) is 0. The Morgan fingerprint density at radius 2 is 0.929 bits per heavy atom. The lowest BCUT2D eigenvalue weighted by molar-refractivity contribution is -0.698. The van der Waals surface area contributed by atoms with Gasteiger partial charge in [0.05, 0.1) is 8.95 Å². The molecular formula is C22H32Br4N2. The molecule has 0 atom stereocenters. The quantitative estimate of drug-likeness (QED) is 0.245. The van der Waals surface area contributed by atoms with Crippen LogP contribution in [0.4, 0.5) is 0 Å². The van der Waals surface area contributed by atoms with E-state index in [1.807, 2.05) is 0 Å². The van der Waals surface area contributed by atoms with Gasteiger partial charge in [-0.2, -0.15) is 0 Å². The van der Waals surface area contributed by atoms with E-state index in [0.29, 0.717) is 0 Å². The summed E-state index contributed by atoms with van der Waals surface area (Å²) >= 11 is 7.21. The standard InChI is InChI=1S/C22H32Br2N2.2BrH/c1-19-11-15-25(17-21(19)23)13-9-7-5-3-4-6-8-10-14-26-16-12-20(2)22(24)18-26;;/h11-12,15-18H,3-10,13-14H2,1-2H3;2*1H/q+2;;/p-2. The van der Waals surface area contributed by atoms with Crippen molar-refractivity contribution in [3.05, 3.63) is 57.0 Å². The van der Waals surface area contributed by atoms with Crippen molar-refractivity contribution < 1.29 is 43.1 Å². The predicted molar refractivity (Wildman–Crippen MR) is 115 cm³/mol. The molecule has 2 heterocycles. The SMILES string of the molecule is Cc1cc[n+](CCCCCCCCCC[n+]2ccc(C)c(Br)c2)cc1Br.[Br-].[Br-]. The molecule has 0 saturated carbocycles. The van der Waals surface area contributed by atoms with Gasteiger partial charge in [0.25, 0.3) is 0 Å². The number of aromatic nitrogens is 2. The zero-order valence-corrected chi connectivity index (χ0v) is 23.3. The van der Waals surface area contributed by atoms with Gasteiger partial charge in [-0.1, -0.05) is 25.7 Å². The van der Waals surface area contributed by atoms with Crippen molar-refractivity contribution in [2.75, 3.05) is 0 Å². The maximum absolute atomic E-state index is 3.61. The number of nitrogens with zero attached hydrogens (tertiary/aromatic N) is 2. The van der Waals surface area contributed by atoms with E-state index in [1.165, 1.54) is 71.4 Å². The van der Waals surface area contributed by atoms with E-state index in [0.717, 1.165) is 13.1 Å². The van der Waals surface area contributed by atoms with Crippen LogP contribution in [0.2, 0.25) is 0 Å². The minimum absolute atomic E-state index is 0. The fourth-order valence-electron chi connectivity index (χ4n) is 3.08. The Kier molecular flexibility index (Phi) is 16.1. The summed E-state index contributed by atoms with van der Waals surface area (Å²) in [5.74, 6) is 0.